The number of thioether (sulfide) groups is 1. The summed E-state index contributed by atoms with van der Waals surface area (Å²) in [4.78, 5) is 24.9. The van der Waals surface area contributed by atoms with Crippen molar-refractivity contribution >= 4 is 42.5 Å². The average molecular weight is 567 g/mol. The molecular weight excluding hydrogens is 535 g/mol. The number of benzene rings is 1. The van der Waals surface area contributed by atoms with Gasteiger partial charge in [0.25, 0.3) is 0 Å². The predicted molar refractivity (Wildman–Crippen MR) is 141 cm³/mol. The molecule has 2 aromatic heterocycles. The lowest BCUT2D eigenvalue weighted by molar-refractivity contribution is -0.149. The molecule has 15 heteroatoms. The number of carbonyl (C=O) groups is 1. The Bertz CT molecular complexity index is 1300. The number of fused-ring (bicyclic) bond motifs is 1. The van der Waals surface area contributed by atoms with E-state index in [-0.39, 0.29) is 24.3 Å². The lowest BCUT2D eigenvalue weighted by Gasteiger charge is -2.25. The highest BCUT2D eigenvalue weighted by atomic mass is 32.2. The van der Waals surface area contributed by atoms with Crippen molar-refractivity contribution in [2.45, 2.75) is 56.6 Å². The number of nitrogens with two attached hydrogens (primary N) is 1. The number of nitrogens with one attached hydrogen (secondary N) is 1. The molecular formula is C23H31N6O7PS. The fourth-order valence-electron chi connectivity index (χ4n) is 3.90. The van der Waals surface area contributed by atoms with Crippen molar-refractivity contribution in [1.82, 2.24) is 24.6 Å². The van der Waals surface area contributed by atoms with E-state index in [1.54, 1.807) is 48.7 Å². The zero-order chi connectivity index (χ0) is 27.4. The van der Waals surface area contributed by atoms with Gasteiger partial charge in [0.2, 0.25) is 0 Å². The van der Waals surface area contributed by atoms with Crippen LogP contribution < -0.4 is 15.3 Å². The first-order chi connectivity index (χ1) is 18.1. The maximum atomic E-state index is 13.8. The van der Waals surface area contributed by atoms with Crippen molar-refractivity contribution in [2.24, 2.45) is 0 Å². The van der Waals surface area contributed by atoms with E-state index in [0.29, 0.717) is 11.2 Å². The quantitative estimate of drug-likeness (QED) is 0.228. The van der Waals surface area contributed by atoms with E-state index in [2.05, 4.69) is 20.0 Å². The number of para-hydroxylation sites is 1. The number of nitrogens with zero attached hydrogens (tertiary/aromatic N) is 4. The standard InChI is InChI=1S/C23H31N6O7PS/c1-13(2)34-23(31)14(3)28-37(32,36-15-8-6-5-7-9-15)33-10-16-18(30)19(38-4)22(35-16)29-12-27-17-20(24)25-11-26-21(17)29/h5-9,11-14,16,18-19,22,30H,10H2,1-4H3,(H,28,32)(H2,24,25,26)/t14-,16+,18-,19?,22+,37?/m0/s1. The molecule has 1 aliphatic heterocycles. The van der Waals surface area contributed by atoms with E-state index in [0.717, 1.165) is 0 Å². The van der Waals surface area contributed by atoms with Crippen molar-refractivity contribution in [3.8, 4) is 5.75 Å². The van der Waals surface area contributed by atoms with Gasteiger partial charge in [-0.05, 0) is 39.2 Å². The zero-order valence-corrected chi connectivity index (χ0v) is 23.0. The van der Waals surface area contributed by atoms with Crippen LogP contribution >= 0.6 is 19.5 Å². The van der Waals surface area contributed by atoms with E-state index >= 15 is 0 Å². The molecule has 4 N–H and O–H groups in total. The van der Waals surface area contributed by atoms with Gasteiger partial charge in [0, 0.05) is 0 Å². The third-order valence-electron chi connectivity index (χ3n) is 5.68. The fourth-order valence-corrected chi connectivity index (χ4v) is 6.28. The smallest absolute Gasteiger partial charge is 0.459 e. The minimum atomic E-state index is -4.13. The van der Waals surface area contributed by atoms with E-state index in [9.17, 15) is 14.5 Å². The summed E-state index contributed by atoms with van der Waals surface area (Å²) in [6, 6.07) is 7.40. The van der Waals surface area contributed by atoms with E-state index in [1.807, 2.05) is 6.26 Å². The molecule has 206 valence electrons. The topological polar surface area (TPSA) is 173 Å². The molecule has 4 rings (SSSR count). The lowest BCUT2D eigenvalue weighted by atomic mass is 10.2. The molecule has 0 spiro atoms. The number of rotatable bonds is 11. The summed E-state index contributed by atoms with van der Waals surface area (Å²) in [5.74, 6) is -0.126. The number of hydrogen-bond acceptors (Lipinski definition) is 12. The maximum absolute atomic E-state index is 13.8. The van der Waals surface area contributed by atoms with Crippen molar-refractivity contribution in [1.29, 1.82) is 0 Å². The van der Waals surface area contributed by atoms with Gasteiger partial charge in [-0.25, -0.2) is 19.5 Å². The Balaban J connectivity index is 1.52. The summed E-state index contributed by atoms with van der Waals surface area (Å²) in [7, 11) is -4.13. The molecule has 2 unspecified atom stereocenters. The van der Waals surface area contributed by atoms with Crippen molar-refractivity contribution < 1.29 is 33.0 Å². The van der Waals surface area contributed by atoms with Crippen LogP contribution in [0.5, 0.6) is 5.75 Å². The second-order valence-corrected chi connectivity index (χ2v) is 11.6. The van der Waals surface area contributed by atoms with Crippen LogP contribution in [0.2, 0.25) is 0 Å². The molecule has 3 heterocycles. The molecule has 1 aliphatic rings. The van der Waals surface area contributed by atoms with Crippen LogP contribution in [0.25, 0.3) is 11.2 Å². The minimum Gasteiger partial charge on any atom is -0.462 e. The van der Waals surface area contributed by atoms with Crippen LogP contribution in [0.3, 0.4) is 0 Å². The molecule has 0 bridgehead atoms. The monoisotopic (exact) mass is 566 g/mol. The van der Waals surface area contributed by atoms with Crippen molar-refractivity contribution in [2.75, 3.05) is 18.6 Å². The summed E-state index contributed by atoms with van der Waals surface area (Å²) >= 11 is 1.39. The molecule has 38 heavy (non-hydrogen) atoms. The Kier molecular flexibility index (Phi) is 8.91. The van der Waals surface area contributed by atoms with E-state index < -0.39 is 43.4 Å². The normalized spacial score (nSPS) is 23.8. The number of hydrogen-bond donors (Lipinski definition) is 3. The second kappa shape index (κ2) is 12.0. The highest BCUT2D eigenvalue weighted by molar-refractivity contribution is 7.99. The van der Waals surface area contributed by atoms with Crippen LogP contribution in [0, 0.1) is 0 Å². The fraction of sp³-hybridized carbons (Fsp3) is 0.478. The molecule has 0 aliphatic carbocycles. The molecule has 3 aromatic rings. The number of nitrogen functional groups attached to an aromatic ring is 1. The Hall–Kier alpha value is -2.74. The number of imidazole rings is 1. The lowest BCUT2D eigenvalue weighted by Crippen LogP contribution is -2.37. The molecule has 0 amide bonds. The Morgan fingerprint density at radius 1 is 1.26 bits per heavy atom. The van der Waals surface area contributed by atoms with Gasteiger partial charge in [-0.2, -0.15) is 16.8 Å². The summed E-state index contributed by atoms with van der Waals surface area (Å²) in [6.45, 7) is 4.61. The van der Waals surface area contributed by atoms with Gasteiger partial charge in [-0.3, -0.25) is 13.9 Å². The largest absolute Gasteiger partial charge is 0.462 e. The van der Waals surface area contributed by atoms with Crippen LogP contribution in [-0.2, 0) is 23.4 Å². The first-order valence-corrected chi connectivity index (χ1v) is 14.7. The first-order valence-electron chi connectivity index (χ1n) is 11.9. The summed E-state index contributed by atoms with van der Waals surface area (Å²) in [5.41, 5.74) is 6.77. The number of esters is 1. The highest BCUT2D eigenvalue weighted by Gasteiger charge is 2.46. The number of aliphatic hydroxyl groups excluding tert-OH is 1. The summed E-state index contributed by atoms with van der Waals surface area (Å²) in [6.07, 6.45) is 1.76. The predicted octanol–water partition coefficient (Wildman–Crippen LogP) is 2.53. The molecule has 0 radical (unpaired) electrons. The second-order valence-electron chi connectivity index (χ2n) is 8.87. The van der Waals surface area contributed by atoms with E-state index in [1.165, 1.54) is 31.3 Å². The highest BCUT2D eigenvalue weighted by Crippen LogP contribution is 2.46. The maximum Gasteiger partial charge on any atom is 0.459 e. The van der Waals surface area contributed by atoms with Gasteiger partial charge in [-0.1, -0.05) is 18.2 Å². The molecule has 1 saturated heterocycles. The van der Waals surface area contributed by atoms with Gasteiger partial charge < -0.3 is 24.8 Å². The SMILES string of the molecule is CSC1[C@@H](O)[C@@H](COP(=O)(N[C@@H](C)C(=O)OC(C)C)Oc2ccccc2)O[C@H]1n1cnc2c(N)ncnc21. The molecule has 1 aromatic carbocycles. The third-order valence-corrected chi connectivity index (χ3v) is 8.38. The van der Waals surface area contributed by atoms with Crippen LogP contribution in [-0.4, -0.2) is 73.1 Å². The van der Waals surface area contributed by atoms with Crippen molar-refractivity contribution in [3.05, 3.63) is 43.0 Å². The number of aliphatic hydroxyl groups is 1. The van der Waals surface area contributed by atoms with Gasteiger partial charge in [0.05, 0.1) is 30.4 Å². The number of aromatic nitrogens is 4. The zero-order valence-electron chi connectivity index (χ0n) is 21.3. The Morgan fingerprint density at radius 2 is 2.00 bits per heavy atom. The Morgan fingerprint density at radius 3 is 2.68 bits per heavy atom. The minimum absolute atomic E-state index is 0.225. The van der Waals surface area contributed by atoms with E-state index in [4.69, 9.17) is 24.3 Å². The Labute approximate surface area is 224 Å². The van der Waals surface area contributed by atoms with Gasteiger partial charge in [-0.15, -0.1) is 0 Å². The molecule has 1 fully saturated rings. The molecule has 13 nitrogen and oxygen atoms in total. The molecule has 0 saturated carbocycles. The van der Waals surface area contributed by atoms with Crippen LogP contribution in [0.4, 0.5) is 5.82 Å². The van der Waals surface area contributed by atoms with Crippen molar-refractivity contribution in [3.63, 3.8) is 0 Å². The third kappa shape index (κ3) is 6.28. The average Bonchev–Trinajstić information content (AvgIpc) is 3.44. The number of carbonyl (C=O) groups excluding carboxylic acids is 1. The summed E-state index contributed by atoms with van der Waals surface area (Å²) < 4.78 is 38.2. The number of anilines is 1. The van der Waals surface area contributed by atoms with Gasteiger partial charge in [0.15, 0.2) is 17.7 Å². The van der Waals surface area contributed by atoms with Crippen LogP contribution in [0.1, 0.15) is 27.0 Å². The number of ether oxygens (including phenoxy) is 2. The van der Waals surface area contributed by atoms with Gasteiger partial charge in [0.1, 0.15) is 29.7 Å². The van der Waals surface area contributed by atoms with Crippen LogP contribution in [0.15, 0.2) is 43.0 Å². The van der Waals surface area contributed by atoms with Gasteiger partial charge >= 0.3 is 13.7 Å². The molecule has 6 atom stereocenters. The summed E-state index contributed by atoms with van der Waals surface area (Å²) in [5, 5.41) is 13.3. The first kappa shape index (κ1) is 28.3.